The molecule has 0 saturated carbocycles. The number of fused-ring (bicyclic) bond motifs is 2. The van der Waals surface area contributed by atoms with Crippen molar-refractivity contribution in [2.45, 2.75) is 6.42 Å². The summed E-state index contributed by atoms with van der Waals surface area (Å²) in [6, 6.07) is 1.19. The molecule has 2 saturated heterocycles. The molecule has 1 amide bonds. The monoisotopic (exact) mass is 239 g/mol. The number of nitrogens with two attached hydrogens (primary N) is 1. The fourth-order valence-corrected chi connectivity index (χ4v) is 2.98. The van der Waals surface area contributed by atoms with Crippen molar-refractivity contribution in [3.63, 3.8) is 0 Å². The molecule has 92 valence electrons. The van der Waals surface area contributed by atoms with Crippen LogP contribution in [0.5, 0.6) is 0 Å². The standard InChI is InChI=1S/C12H15FN2O2/c13-10-1-2-17-11(10)12(16)15-6-8-3-9(7-15)5-14-4-8/h1-2,8-9,14H,3-7H2/p+1. The molecular formula is C12H16FN2O2+. The molecule has 2 fully saturated rings. The van der Waals surface area contributed by atoms with Crippen molar-refractivity contribution in [2.75, 3.05) is 26.2 Å². The second-order valence-corrected chi connectivity index (χ2v) is 5.04. The largest absolute Gasteiger partial charge is 0.456 e. The Morgan fingerprint density at radius 1 is 1.41 bits per heavy atom. The number of carbonyl (C=O) groups excluding carboxylic acids is 1. The number of piperidine rings is 2. The van der Waals surface area contributed by atoms with Gasteiger partial charge in [0.2, 0.25) is 5.76 Å². The summed E-state index contributed by atoms with van der Waals surface area (Å²) in [5, 5.41) is 2.31. The summed E-state index contributed by atoms with van der Waals surface area (Å²) in [7, 11) is 0. The van der Waals surface area contributed by atoms with E-state index in [4.69, 9.17) is 4.42 Å². The normalized spacial score (nSPS) is 28.2. The van der Waals surface area contributed by atoms with Crippen LogP contribution in [0, 0.1) is 17.7 Å². The van der Waals surface area contributed by atoms with Crippen LogP contribution in [-0.2, 0) is 0 Å². The van der Waals surface area contributed by atoms with Crippen molar-refractivity contribution in [3.05, 3.63) is 23.9 Å². The summed E-state index contributed by atoms with van der Waals surface area (Å²) >= 11 is 0. The van der Waals surface area contributed by atoms with E-state index < -0.39 is 5.82 Å². The van der Waals surface area contributed by atoms with Gasteiger partial charge in [0.25, 0.3) is 5.91 Å². The van der Waals surface area contributed by atoms with Crippen molar-refractivity contribution >= 4 is 5.91 Å². The lowest BCUT2D eigenvalue weighted by molar-refractivity contribution is -0.677. The molecule has 3 rings (SSSR count). The summed E-state index contributed by atoms with van der Waals surface area (Å²) in [5.74, 6) is 0.0873. The first-order chi connectivity index (χ1) is 8.24. The Bertz CT molecular complexity index is 420. The molecule has 0 radical (unpaired) electrons. The third kappa shape index (κ3) is 1.95. The highest BCUT2D eigenvalue weighted by Crippen LogP contribution is 2.24. The highest BCUT2D eigenvalue weighted by Gasteiger charge is 2.36. The molecular weight excluding hydrogens is 223 g/mol. The average molecular weight is 239 g/mol. The van der Waals surface area contributed by atoms with Crippen molar-refractivity contribution < 1.29 is 18.9 Å². The summed E-state index contributed by atoms with van der Waals surface area (Å²) in [6.45, 7) is 3.60. The molecule has 4 nitrogen and oxygen atoms in total. The number of hydrogen-bond donors (Lipinski definition) is 1. The van der Waals surface area contributed by atoms with Gasteiger partial charge in [0.15, 0.2) is 5.82 Å². The zero-order valence-corrected chi connectivity index (χ0v) is 9.56. The van der Waals surface area contributed by atoms with E-state index in [0.717, 1.165) is 26.2 Å². The Morgan fingerprint density at radius 2 is 2.12 bits per heavy atom. The van der Waals surface area contributed by atoms with Crippen LogP contribution in [0.3, 0.4) is 0 Å². The molecule has 0 aromatic carbocycles. The number of amides is 1. The second kappa shape index (κ2) is 4.14. The van der Waals surface area contributed by atoms with E-state index in [1.165, 1.54) is 18.8 Å². The van der Waals surface area contributed by atoms with Gasteiger partial charge in [-0.15, -0.1) is 0 Å². The summed E-state index contributed by atoms with van der Waals surface area (Å²) in [5.41, 5.74) is 0. The lowest BCUT2D eigenvalue weighted by atomic mass is 9.86. The zero-order chi connectivity index (χ0) is 11.8. The fourth-order valence-electron chi connectivity index (χ4n) is 2.98. The van der Waals surface area contributed by atoms with Crippen LogP contribution in [-0.4, -0.2) is 37.0 Å². The van der Waals surface area contributed by atoms with Crippen LogP contribution < -0.4 is 5.32 Å². The minimum atomic E-state index is -0.558. The van der Waals surface area contributed by atoms with Crippen LogP contribution in [0.25, 0.3) is 0 Å². The molecule has 1 aromatic rings. The van der Waals surface area contributed by atoms with Crippen LogP contribution in [0.2, 0.25) is 0 Å². The quantitative estimate of drug-likeness (QED) is 0.754. The van der Waals surface area contributed by atoms with Crippen LogP contribution >= 0.6 is 0 Å². The van der Waals surface area contributed by atoms with E-state index in [1.54, 1.807) is 4.90 Å². The minimum absolute atomic E-state index is 0.144. The first-order valence-electron chi connectivity index (χ1n) is 6.08. The average Bonchev–Trinajstić information content (AvgIpc) is 2.74. The van der Waals surface area contributed by atoms with Gasteiger partial charge < -0.3 is 14.6 Å². The van der Waals surface area contributed by atoms with Crippen molar-refractivity contribution in [1.82, 2.24) is 4.90 Å². The summed E-state index contributed by atoms with van der Waals surface area (Å²) in [4.78, 5) is 13.8. The predicted octanol–water partition coefficient (Wildman–Crippen LogP) is 0.0740. The van der Waals surface area contributed by atoms with E-state index in [1.807, 2.05) is 0 Å². The number of carbonyl (C=O) groups is 1. The highest BCUT2D eigenvalue weighted by atomic mass is 19.1. The fraction of sp³-hybridized carbons (Fsp3) is 0.583. The molecule has 5 heteroatoms. The molecule has 2 aliphatic heterocycles. The maximum atomic E-state index is 13.3. The van der Waals surface area contributed by atoms with Gasteiger partial charge in [0.05, 0.1) is 19.4 Å². The van der Waals surface area contributed by atoms with Crippen molar-refractivity contribution in [1.29, 1.82) is 0 Å². The summed E-state index contributed by atoms with van der Waals surface area (Å²) in [6.07, 6.45) is 2.42. The first kappa shape index (κ1) is 10.8. The minimum Gasteiger partial charge on any atom is -0.456 e. The number of halogens is 1. The molecule has 1 aromatic heterocycles. The van der Waals surface area contributed by atoms with E-state index in [9.17, 15) is 9.18 Å². The molecule has 2 atom stereocenters. The van der Waals surface area contributed by atoms with Gasteiger partial charge in [0.1, 0.15) is 0 Å². The number of rotatable bonds is 1. The number of hydrogen-bond acceptors (Lipinski definition) is 2. The maximum Gasteiger partial charge on any atom is 0.292 e. The number of quaternary nitrogens is 1. The van der Waals surface area contributed by atoms with E-state index >= 15 is 0 Å². The highest BCUT2D eigenvalue weighted by molar-refractivity contribution is 5.91. The van der Waals surface area contributed by atoms with Gasteiger partial charge in [-0.2, -0.15) is 0 Å². The number of furan rings is 1. The summed E-state index contributed by atoms with van der Waals surface area (Å²) < 4.78 is 18.2. The van der Waals surface area contributed by atoms with Crippen molar-refractivity contribution in [2.24, 2.45) is 11.8 Å². The first-order valence-corrected chi connectivity index (χ1v) is 6.08. The molecule has 2 unspecified atom stereocenters. The van der Waals surface area contributed by atoms with Gasteiger partial charge >= 0.3 is 0 Å². The Morgan fingerprint density at radius 3 is 2.71 bits per heavy atom. The molecule has 2 aliphatic rings. The SMILES string of the molecule is O=C(c1occc1F)N1CC2C[NH2+]CC(C2)C1. The Labute approximate surface area is 98.8 Å². The van der Waals surface area contributed by atoms with Gasteiger partial charge in [-0.25, -0.2) is 4.39 Å². The van der Waals surface area contributed by atoms with Gasteiger partial charge in [-0.05, 0) is 6.42 Å². The van der Waals surface area contributed by atoms with Crippen LogP contribution in [0.1, 0.15) is 17.0 Å². The topological polar surface area (TPSA) is 50.1 Å². The smallest absolute Gasteiger partial charge is 0.292 e. The Kier molecular flexibility index (Phi) is 2.63. The molecule has 2 N–H and O–H groups in total. The zero-order valence-electron chi connectivity index (χ0n) is 9.56. The maximum absolute atomic E-state index is 13.3. The van der Waals surface area contributed by atoms with Crippen LogP contribution in [0.4, 0.5) is 4.39 Å². The van der Waals surface area contributed by atoms with Crippen molar-refractivity contribution in [3.8, 4) is 0 Å². The Balaban J connectivity index is 1.76. The molecule has 3 heterocycles. The molecule has 0 aliphatic carbocycles. The van der Waals surface area contributed by atoms with E-state index in [0.29, 0.717) is 11.8 Å². The lowest BCUT2D eigenvalue weighted by Gasteiger charge is -2.39. The second-order valence-electron chi connectivity index (χ2n) is 5.04. The van der Waals surface area contributed by atoms with Crippen LogP contribution in [0.15, 0.2) is 16.7 Å². The van der Waals surface area contributed by atoms with Gasteiger partial charge in [-0.1, -0.05) is 0 Å². The van der Waals surface area contributed by atoms with E-state index in [-0.39, 0.29) is 11.7 Å². The third-order valence-electron chi connectivity index (χ3n) is 3.72. The number of nitrogens with zero attached hydrogens (tertiary/aromatic N) is 1. The van der Waals surface area contributed by atoms with Gasteiger partial charge in [-0.3, -0.25) is 4.79 Å². The molecule has 2 bridgehead atoms. The molecule has 0 spiro atoms. The predicted molar refractivity (Wildman–Crippen MR) is 57.8 cm³/mol. The van der Waals surface area contributed by atoms with Gasteiger partial charge in [0, 0.05) is 31.0 Å². The number of likely N-dealkylation sites (tertiary alicyclic amines) is 1. The third-order valence-corrected chi connectivity index (χ3v) is 3.72. The Hall–Kier alpha value is -1.36. The lowest BCUT2D eigenvalue weighted by Crippen LogP contribution is -2.90. The molecule has 17 heavy (non-hydrogen) atoms. The van der Waals surface area contributed by atoms with E-state index in [2.05, 4.69) is 5.32 Å².